The predicted octanol–water partition coefficient (Wildman–Crippen LogP) is 1.11. The van der Waals surface area contributed by atoms with Crippen LogP contribution in [0.1, 0.15) is 42.4 Å². The molecule has 3 aliphatic rings. The molecule has 0 saturated carbocycles. The van der Waals surface area contributed by atoms with Crippen LogP contribution < -0.4 is 0 Å². The quantitative estimate of drug-likeness (QED) is 0.591. The number of rotatable bonds is 1. The second-order valence-electron chi connectivity index (χ2n) is 7.36. The summed E-state index contributed by atoms with van der Waals surface area (Å²) in [6.07, 6.45) is -1.46. The van der Waals surface area contributed by atoms with Crippen LogP contribution in [0.25, 0.3) is 0 Å². The molecule has 128 valence electrons. The Labute approximate surface area is 139 Å². The molecule has 1 aromatic carbocycles. The molecule has 24 heavy (non-hydrogen) atoms. The molecule has 2 heterocycles. The van der Waals surface area contributed by atoms with Gasteiger partial charge in [0.05, 0.1) is 11.8 Å². The van der Waals surface area contributed by atoms with Gasteiger partial charge in [0.25, 0.3) is 0 Å². The van der Waals surface area contributed by atoms with Crippen molar-refractivity contribution in [2.24, 2.45) is 11.8 Å². The van der Waals surface area contributed by atoms with Crippen LogP contribution in [-0.2, 0) is 24.5 Å². The van der Waals surface area contributed by atoms with Crippen molar-refractivity contribution in [1.82, 2.24) is 0 Å². The molecule has 0 spiro atoms. The number of fused-ring (bicyclic) bond motifs is 3. The maximum Gasteiger partial charge on any atom is 0.321 e. The Morgan fingerprint density at radius 1 is 1.21 bits per heavy atom. The van der Waals surface area contributed by atoms with Crippen molar-refractivity contribution in [1.29, 1.82) is 0 Å². The van der Waals surface area contributed by atoms with Crippen molar-refractivity contribution < 1.29 is 29.3 Å². The monoisotopic (exact) mass is 332 g/mol. The number of esters is 2. The molecule has 1 aromatic rings. The SMILES string of the molecule is Cc1ccc2c(c1)C1C(=O)OC(=O)C1CC2(C)C1CC(O)OC1O. The number of hydrogen-bond donors (Lipinski definition) is 2. The molecule has 2 saturated heterocycles. The first-order valence-corrected chi connectivity index (χ1v) is 8.19. The lowest BCUT2D eigenvalue weighted by Gasteiger charge is -2.44. The van der Waals surface area contributed by atoms with Crippen molar-refractivity contribution in [3.05, 3.63) is 34.9 Å². The van der Waals surface area contributed by atoms with Crippen LogP contribution in [0.5, 0.6) is 0 Å². The van der Waals surface area contributed by atoms with Crippen LogP contribution in [0.2, 0.25) is 0 Å². The van der Waals surface area contributed by atoms with Crippen LogP contribution in [0.3, 0.4) is 0 Å². The number of ether oxygens (including phenoxy) is 2. The number of benzene rings is 1. The molecule has 0 amide bonds. The van der Waals surface area contributed by atoms with Gasteiger partial charge in [-0.3, -0.25) is 9.59 Å². The lowest BCUT2D eigenvalue weighted by atomic mass is 9.58. The van der Waals surface area contributed by atoms with Gasteiger partial charge in [0.15, 0.2) is 12.6 Å². The highest BCUT2D eigenvalue weighted by Gasteiger charge is 2.58. The van der Waals surface area contributed by atoms with Gasteiger partial charge in [-0.25, -0.2) is 0 Å². The molecule has 0 radical (unpaired) electrons. The fourth-order valence-electron chi connectivity index (χ4n) is 4.68. The van der Waals surface area contributed by atoms with Gasteiger partial charge in [0.1, 0.15) is 0 Å². The van der Waals surface area contributed by atoms with Crippen molar-refractivity contribution >= 4 is 11.9 Å². The Hall–Kier alpha value is -1.76. The molecule has 0 aromatic heterocycles. The first-order chi connectivity index (χ1) is 11.3. The Morgan fingerprint density at radius 2 is 1.96 bits per heavy atom. The molecule has 6 heteroatoms. The molecule has 2 fully saturated rings. The zero-order valence-corrected chi connectivity index (χ0v) is 13.6. The normalized spacial score (nSPS) is 41.1. The third kappa shape index (κ3) is 2.06. The lowest BCUT2D eigenvalue weighted by Crippen LogP contribution is -2.44. The average Bonchev–Trinajstić information content (AvgIpc) is 2.98. The summed E-state index contributed by atoms with van der Waals surface area (Å²) < 4.78 is 10.0. The zero-order chi connectivity index (χ0) is 17.2. The van der Waals surface area contributed by atoms with E-state index in [1.165, 1.54) is 0 Å². The van der Waals surface area contributed by atoms with Gasteiger partial charge in [-0.2, -0.15) is 0 Å². The number of hydrogen-bond acceptors (Lipinski definition) is 6. The van der Waals surface area contributed by atoms with E-state index in [2.05, 4.69) is 0 Å². The molecule has 0 bridgehead atoms. The summed E-state index contributed by atoms with van der Waals surface area (Å²) in [5.41, 5.74) is 2.11. The highest BCUT2D eigenvalue weighted by Crippen LogP contribution is 2.55. The predicted molar refractivity (Wildman–Crippen MR) is 81.7 cm³/mol. The van der Waals surface area contributed by atoms with E-state index in [0.717, 1.165) is 16.7 Å². The first-order valence-electron chi connectivity index (χ1n) is 8.19. The number of cyclic esters (lactones) is 2. The molecule has 6 atom stereocenters. The lowest BCUT2D eigenvalue weighted by molar-refractivity contribution is -0.173. The van der Waals surface area contributed by atoms with E-state index in [1.807, 2.05) is 32.0 Å². The summed E-state index contributed by atoms with van der Waals surface area (Å²) in [5.74, 6) is -2.50. The molecule has 1 aliphatic carbocycles. The summed E-state index contributed by atoms with van der Waals surface area (Å²) in [6.45, 7) is 3.89. The van der Waals surface area contributed by atoms with Gasteiger partial charge < -0.3 is 19.7 Å². The minimum atomic E-state index is -1.11. The second kappa shape index (κ2) is 5.12. The third-order valence-electron chi connectivity index (χ3n) is 5.88. The average molecular weight is 332 g/mol. The number of aliphatic hydroxyl groups is 2. The highest BCUT2D eigenvalue weighted by atomic mass is 16.7. The largest absolute Gasteiger partial charge is 0.392 e. The topological polar surface area (TPSA) is 93.1 Å². The van der Waals surface area contributed by atoms with Gasteiger partial charge in [-0.15, -0.1) is 0 Å². The maximum atomic E-state index is 12.2. The van der Waals surface area contributed by atoms with Crippen LogP contribution in [0.4, 0.5) is 0 Å². The summed E-state index contributed by atoms with van der Waals surface area (Å²) in [5, 5.41) is 20.0. The Balaban J connectivity index is 1.88. The van der Waals surface area contributed by atoms with E-state index < -0.39 is 41.8 Å². The van der Waals surface area contributed by atoms with Crippen molar-refractivity contribution in [3.63, 3.8) is 0 Å². The molecule has 6 nitrogen and oxygen atoms in total. The summed E-state index contributed by atoms with van der Waals surface area (Å²) in [4.78, 5) is 24.4. The molecule has 2 aliphatic heterocycles. The molecular formula is C18H20O6. The van der Waals surface area contributed by atoms with Gasteiger partial charge >= 0.3 is 11.9 Å². The minimum absolute atomic E-state index is 0.283. The van der Waals surface area contributed by atoms with E-state index in [4.69, 9.17) is 9.47 Å². The summed E-state index contributed by atoms with van der Waals surface area (Å²) >= 11 is 0. The van der Waals surface area contributed by atoms with E-state index in [0.29, 0.717) is 6.42 Å². The fourth-order valence-corrected chi connectivity index (χ4v) is 4.68. The Morgan fingerprint density at radius 3 is 2.62 bits per heavy atom. The standard InChI is InChI=1S/C18H20O6/c1-8-3-4-11-9(5-8)14-10(15(20)24-17(14)22)7-18(11,2)12-6-13(19)23-16(12)21/h3-5,10,12-14,16,19,21H,6-7H2,1-2H3. The highest BCUT2D eigenvalue weighted by molar-refractivity contribution is 6.00. The van der Waals surface area contributed by atoms with Crippen LogP contribution >= 0.6 is 0 Å². The molecular weight excluding hydrogens is 312 g/mol. The summed E-state index contributed by atoms with van der Waals surface area (Å²) in [6, 6.07) is 5.83. The number of carbonyl (C=O) groups excluding carboxylic acids is 2. The van der Waals surface area contributed by atoms with Crippen molar-refractivity contribution in [2.75, 3.05) is 0 Å². The van der Waals surface area contributed by atoms with Crippen LogP contribution in [0, 0.1) is 18.8 Å². The van der Waals surface area contributed by atoms with Gasteiger partial charge in [0, 0.05) is 17.8 Å². The smallest absolute Gasteiger partial charge is 0.321 e. The fraction of sp³-hybridized carbons (Fsp3) is 0.556. The zero-order valence-electron chi connectivity index (χ0n) is 13.6. The van der Waals surface area contributed by atoms with E-state index in [1.54, 1.807) is 0 Å². The number of aryl methyl sites for hydroxylation is 1. The third-order valence-corrected chi connectivity index (χ3v) is 5.88. The van der Waals surface area contributed by atoms with Gasteiger partial charge in [0.2, 0.25) is 0 Å². The van der Waals surface area contributed by atoms with Crippen molar-refractivity contribution in [3.8, 4) is 0 Å². The molecule has 4 rings (SSSR count). The number of aliphatic hydroxyl groups excluding tert-OH is 2. The minimum Gasteiger partial charge on any atom is -0.392 e. The summed E-state index contributed by atoms with van der Waals surface area (Å²) in [7, 11) is 0. The second-order valence-corrected chi connectivity index (χ2v) is 7.36. The van der Waals surface area contributed by atoms with E-state index in [9.17, 15) is 19.8 Å². The van der Waals surface area contributed by atoms with Crippen LogP contribution in [-0.4, -0.2) is 34.7 Å². The van der Waals surface area contributed by atoms with E-state index >= 15 is 0 Å². The van der Waals surface area contributed by atoms with Crippen molar-refractivity contribution in [2.45, 2.75) is 50.6 Å². The number of carbonyl (C=O) groups is 2. The maximum absolute atomic E-state index is 12.2. The Bertz CT molecular complexity index is 728. The van der Waals surface area contributed by atoms with Gasteiger partial charge in [-0.05, 0) is 24.5 Å². The van der Waals surface area contributed by atoms with Crippen LogP contribution in [0.15, 0.2) is 18.2 Å². The Kier molecular flexibility index (Phi) is 3.36. The van der Waals surface area contributed by atoms with E-state index in [-0.39, 0.29) is 12.3 Å². The van der Waals surface area contributed by atoms with Gasteiger partial charge in [-0.1, -0.05) is 30.7 Å². The first kappa shape index (κ1) is 15.7. The molecule has 6 unspecified atom stereocenters. The molecule has 2 N–H and O–H groups in total.